The van der Waals surface area contributed by atoms with E-state index in [2.05, 4.69) is 15.0 Å². The smallest absolute Gasteiger partial charge is 0.441 e. The summed E-state index contributed by atoms with van der Waals surface area (Å²) in [6.07, 6.45) is 0. The Morgan fingerprint density at radius 1 is 1.37 bits per heavy atom. The fraction of sp³-hybridized carbons (Fsp3) is 0.750. The first-order valence-corrected chi connectivity index (χ1v) is 6.03. The van der Waals surface area contributed by atoms with Crippen LogP contribution in [0, 0.1) is 0 Å². The molecule has 0 aliphatic carbocycles. The van der Waals surface area contributed by atoms with Crippen LogP contribution >= 0.6 is 0 Å². The van der Waals surface area contributed by atoms with E-state index >= 15 is 0 Å². The van der Waals surface area contributed by atoms with Crippen molar-refractivity contribution in [2.75, 3.05) is 6.54 Å². The monoisotopic (exact) mass is 271 g/mol. The first kappa shape index (κ1) is 15.4. The number of nitrogens with one attached hydrogen (secondary N) is 1. The number of rotatable bonds is 4. The predicted octanol–water partition coefficient (Wildman–Crippen LogP) is 0.540. The Morgan fingerprint density at radius 3 is 2.37 bits per heavy atom. The molecule has 0 saturated carbocycles. The lowest BCUT2D eigenvalue weighted by Gasteiger charge is -2.25. The first-order valence-electron chi connectivity index (χ1n) is 6.03. The van der Waals surface area contributed by atoms with Crippen molar-refractivity contribution in [3.63, 3.8) is 0 Å². The SMILES string of the molecule is Cn1c(C(C)(C)NCC(=O)OC(C)(C)C)noc1=O. The van der Waals surface area contributed by atoms with Crippen LogP contribution in [0.1, 0.15) is 40.4 Å². The van der Waals surface area contributed by atoms with E-state index in [1.54, 1.807) is 41.7 Å². The van der Waals surface area contributed by atoms with E-state index in [9.17, 15) is 9.59 Å². The molecule has 0 saturated heterocycles. The van der Waals surface area contributed by atoms with Gasteiger partial charge in [-0.15, -0.1) is 0 Å². The zero-order valence-electron chi connectivity index (χ0n) is 12.2. The minimum Gasteiger partial charge on any atom is -0.459 e. The van der Waals surface area contributed by atoms with Gasteiger partial charge in [0.2, 0.25) is 0 Å². The molecule has 1 N–H and O–H groups in total. The number of ether oxygens (including phenoxy) is 1. The van der Waals surface area contributed by atoms with E-state index < -0.39 is 16.9 Å². The summed E-state index contributed by atoms with van der Waals surface area (Å²) >= 11 is 0. The van der Waals surface area contributed by atoms with Gasteiger partial charge in [0.1, 0.15) is 5.60 Å². The van der Waals surface area contributed by atoms with E-state index in [4.69, 9.17) is 4.74 Å². The highest BCUT2D eigenvalue weighted by Gasteiger charge is 2.28. The topological polar surface area (TPSA) is 86.4 Å². The first-order chi connectivity index (χ1) is 8.53. The Bertz CT molecular complexity index is 508. The van der Waals surface area contributed by atoms with Crippen LogP contribution in [0.15, 0.2) is 9.32 Å². The Hall–Kier alpha value is -1.63. The van der Waals surface area contributed by atoms with Crippen LogP contribution in [-0.4, -0.2) is 27.8 Å². The number of hydrogen-bond donors (Lipinski definition) is 1. The molecule has 1 aromatic rings. The van der Waals surface area contributed by atoms with Crippen LogP contribution in [0.4, 0.5) is 0 Å². The molecule has 0 fully saturated rings. The van der Waals surface area contributed by atoms with Crippen molar-refractivity contribution in [2.24, 2.45) is 7.05 Å². The van der Waals surface area contributed by atoms with Crippen LogP contribution in [0.25, 0.3) is 0 Å². The predicted molar refractivity (Wildman–Crippen MR) is 68.6 cm³/mol. The van der Waals surface area contributed by atoms with E-state index in [1.807, 2.05) is 0 Å². The molecule has 1 heterocycles. The normalized spacial score (nSPS) is 12.5. The van der Waals surface area contributed by atoms with Gasteiger partial charge in [0.25, 0.3) is 0 Å². The van der Waals surface area contributed by atoms with E-state index in [0.717, 1.165) is 0 Å². The zero-order chi connectivity index (χ0) is 14.8. The molecule has 0 unspecified atom stereocenters. The fourth-order valence-corrected chi connectivity index (χ4v) is 1.57. The van der Waals surface area contributed by atoms with Gasteiger partial charge in [0.05, 0.1) is 12.1 Å². The molecule has 1 rings (SSSR count). The van der Waals surface area contributed by atoms with Crippen molar-refractivity contribution in [3.8, 4) is 0 Å². The number of esters is 1. The largest absolute Gasteiger partial charge is 0.459 e. The highest BCUT2D eigenvalue weighted by molar-refractivity contribution is 5.72. The number of hydrogen-bond acceptors (Lipinski definition) is 6. The molecule has 108 valence electrons. The molecule has 0 amide bonds. The molecule has 7 nitrogen and oxygen atoms in total. The summed E-state index contributed by atoms with van der Waals surface area (Å²) in [6, 6.07) is 0. The molecule has 1 aromatic heterocycles. The third-order valence-electron chi connectivity index (χ3n) is 2.46. The Labute approximate surface area is 111 Å². The fourth-order valence-electron chi connectivity index (χ4n) is 1.57. The van der Waals surface area contributed by atoms with Crippen LogP contribution in [0.2, 0.25) is 0 Å². The van der Waals surface area contributed by atoms with Crippen molar-refractivity contribution < 1.29 is 14.1 Å². The van der Waals surface area contributed by atoms with Gasteiger partial charge >= 0.3 is 11.7 Å². The third-order valence-corrected chi connectivity index (χ3v) is 2.46. The molecule has 0 spiro atoms. The van der Waals surface area contributed by atoms with Crippen LogP contribution in [0.5, 0.6) is 0 Å². The van der Waals surface area contributed by atoms with Crippen molar-refractivity contribution in [3.05, 3.63) is 16.4 Å². The molecule has 0 aliphatic heterocycles. The summed E-state index contributed by atoms with van der Waals surface area (Å²) in [5.74, 6) is -0.489. The highest BCUT2D eigenvalue weighted by atomic mass is 16.6. The summed E-state index contributed by atoms with van der Waals surface area (Å²) in [5.41, 5.74) is -1.21. The van der Waals surface area contributed by atoms with Gasteiger partial charge in [0.15, 0.2) is 5.82 Å². The molecule has 0 radical (unpaired) electrons. The summed E-state index contributed by atoms with van der Waals surface area (Å²) in [4.78, 5) is 22.9. The van der Waals surface area contributed by atoms with Crippen molar-refractivity contribution >= 4 is 5.97 Å². The molecular formula is C12H21N3O4. The highest BCUT2D eigenvalue weighted by Crippen LogP contribution is 2.15. The molecule has 0 atom stereocenters. The maximum absolute atomic E-state index is 11.6. The van der Waals surface area contributed by atoms with Gasteiger partial charge in [-0.25, -0.2) is 4.79 Å². The standard InChI is InChI=1S/C12H21N3O4/c1-11(2,3)18-8(16)7-13-12(4,5)9-14-19-10(17)15(9)6/h13H,7H2,1-6H3. The minimum atomic E-state index is -0.683. The average molecular weight is 271 g/mol. The number of nitrogens with zero attached hydrogens (tertiary/aromatic N) is 2. The van der Waals surface area contributed by atoms with Gasteiger partial charge in [-0.1, -0.05) is 5.16 Å². The Morgan fingerprint density at radius 2 is 1.95 bits per heavy atom. The van der Waals surface area contributed by atoms with Crippen LogP contribution in [-0.2, 0) is 22.1 Å². The summed E-state index contributed by atoms with van der Waals surface area (Å²) in [6.45, 7) is 9.03. The second-order valence-electron chi connectivity index (χ2n) is 5.90. The quantitative estimate of drug-likeness (QED) is 0.804. The molecule has 0 aromatic carbocycles. The second kappa shape index (κ2) is 5.16. The number of carbonyl (C=O) groups is 1. The zero-order valence-corrected chi connectivity index (χ0v) is 12.2. The summed E-state index contributed by atoms with van der Waals surface area (Å²) in [7, 11) is 1.56. The average Bonchev–Trinajstić information content (AvgIpc) is 2.55. The van der Waals surface area contributed by atoms with Crippen molar-refractivity contribution in [2.45, 2.75) is 45.8 Å². The van der Waals surface area contributed by atoms with E-state index in [0.29, 0.717) is 5.82 Å². The molecule has 0 bridgehead atoms. The third kappa shape index (κ3) is 4.20. The maximum atomic E-state index is 11.6. The lowest BCUT2D eigenvalue weighted by atomic mass is 10.0. The van der Waals surface area contributed by atoms with E-state index in [1.165, 1.54) is 4.57 Å². The molecular weight excluding hydrogens is 250 g/mol. The van der Waals surface area contributed by atoms with Gasteiger partial charge in [0, 0.05) is 7.05 Å². The van der Waals surface area contributed by atoms with Crippen molar-refractivity contribution in [1.29, 1.82) is 0 Å². The maximum Gasteiger partial charge on any atom is 0.441 e. The van der Waals surface area contributed by atoms with Crippen LogP contribution in [0.3, 0.4) is 0 Å². The van der Waals surface area contributed by atoms with Gasteiger partial charge < -0.3 is 4.74 Å². The molecule has 7 heteroatoms. The Kier molecular flexibility index (Phi) is 4.19. The minimum absolute atomic E-state index is 0.0192. The van der Waals surface area contributed by atoms with Gasteiger partial charge in [-0.05, 0) is 34.6 Å². The number of carbonyl (C=O) groups excluding carboxylic acids is 1. The van der Waals surface area contributed by atoms with Gasteiger partial charge in [-0.2, -0.15) is 0 Å². The molecule has 19 heavy (non-hydrogen) atoms. The lowest BCUT2D eigenvalue weighted by molar-refractivity contribution is -0.154. The van der Waals surface area contributed by atoms with E-state index in [-0.39, 0.29) is 12.5 Å². The molecule has 0 aliphatic rings. The van der Waals surface area contributed by atoms with Crippen molar-refractivity contribution in [1.82, 2.24) is 15.0 Å². The van der Waals surface area contributed by atoms with Crippen LogP contribution < -0.4 is 11.1 Å². The lowest BCUT2D eigenvalue weighted by Crippen LogP contribution is -2.43. The Balaban J connectivity index is 2.69. The summed E-state index contributed by atoms with van der Waals surface area (Å²) < 4.78 is 11.1. The second-order valence-corrected chi connectivity index (χ2v) is 5.90. The number of aromatic nitrogens is 2. The summed E-state index contributed by atoms with van der Waals surface area (Å²) in [5, 5.41) is 6.70. The van der Waals surface area contributed by atoms with Gasteiger partial charge in [-0.3, -0.25) is 19.2 Å².